The molecule has 2 N–H and O–H groups in total. The summed E-state index contributed by atoms with van der Waals surface area (Å²) in [5.74, 6) is 1.47. The van der Waals surface area contributed by atoms with E-state index in [0.29, 0.717) is 36.3 Å². The van der Waals surface area contributed by atoms with Crippen LogP contribution in [0.1, 0.15) is 29.8 Å². The molecule has 6 nitrogen and oxygen atoms in total. The molecule has 0 spiro atoms. The van der Waals surface area contributed by atoms with Gasteiger partial charge in [-0.25, -0.2) is 4.99 Å². The number of aromatic nitrogens is 2. The van der Waals surface area contributed by atoms with Crippen molar-refractivity contribution in [3.05, 3.63) is 47.1 Å². The van der Waals surface area contributed by atoms with E-state index in [0.717, 1.165) is 12.1 Å². The first-order valence-electron chi connectivity index (χ1n) is 7.36. The van der Waals surface area contributed by atoms with Crippen molar-refractivity contribution < 1.29 is 17.7 Å². The lowest BCUT2D eigenvalue weighted by Gasteiger charge is -2.10. The summed E-state index contributed by atoms with van der Waals surface area (Å²) < 4.78 is 42.6. The first kappa shape index (κ1) is 21.2. The second-order valence-electron chi connectivity index (χ2n) is 4.98. The normalized spacial score (nSPS) is 11.8. The predicted octanol–water partition coefficient (Wildman–Crippen LogP) is 3.27. The Labute approximate surface area is 160 Å². The number of benzene rings is 1. The Bertz CT molecular complexity index is 685. The van der Waals surface area contributed by atoms with Gasteiger partial charge in [0.05, 0.1) is 18.7 Å². The molecule has 2 rings (SSSR count). The first-order valence-corrected chi connectivity index (χ1v) is 7.36. The van der Waals surface area contributed by atoms with Gasteiger partial charge in [0.15, 0.2) is 11.8 Å². The SMILES string of the molecule is CCNC(=NCc1ccc(C(F)(F)F)cc1)NCc1nc(C)no1.I. The van der Waals surface area contributed by atoms with Crippen molar-refractivity contribution in [3.63, 3.8) is 0 Å². The van der Waals surface area contributed by atoms with E-state index >= 15 is 0 Å². The van der Waals surface area contributed by atoms with Crippen molar-refractivity contribution in [3.8, 4) is 0 Å². The molecule has 1 aromatic carbocycles. The minimum atomic E-state index is -4.33. The van der Waals surface area contributed by atoms with Gasteiger partial charge in [0.1, 0.15) is 0 Å². The maximum Gasteiger partial charge on any atom is 0.416 e. The Kier molecular flexibility index (Phi) is 8.13. The van der Waals surface area contributed by atoms with Gasteiger partial charge in [0, 0.05) is 6.54 Å². The molecule has 0 aliphatic rings. The van der Waals surface area contributed by atoms with Crippen molar-refractivity contribution in [2.24, 2.45) is 4.99 Å². The zero-order valence-electron chi connectivity index (χ0n) is 13.7. The monoisotopic (exact) mass is 469 g/mol. The summed E-state index contributed by atoms with van der Waals surface area (Å²) in [6, 6.07) is 4.92. The van der Waals surface area contributed by atoms with Crippen LogP contribution in [0.5, 0.6) is 0 Å². The molecule has 0 saturated heterocycles. The predicted molar refractivity (Wildman–Crippen MR) is 97.5 cm³/mol. The van der Waals surface area contributed by atoms with E-state index in [1.165, 1.54) is 12.1 Å². The molecule has 25 heavy (non-hydrogen) atoms. The fourth-order valence-corrected chi connectivity index (χ4v) is 1.88. The van der Waals surface area contributed by atoms with Crippen LogP contribution < -0.4 is 10.6 Å². The first-order chi connectivity index (χ1) is 11.4. The highest BCUT2D eigenvalue weighted by Gasteiger charge is 2.29. The molecule has 0 saturated carbocycles. The molecular formula is C15H19F3IN5O. The van der Waals surface area contributed by atoms with E-state index in [9.17, 15) is 13.2 Å². The van der Waals surface area contributed by atoms with E-state index in [2.05, 4.69) is 25.8 Å². The van der Waals surface area contributed by atoms with E-state index in [1.807, 2.05) is 6.92 Å². The summed E-state index contributed by atoms with van der Waals surface area (Å²) in [5.41, 5.74) is 0.000799. The zero-order chi connectivity index (χ0) is 17.6. The van der Waals surface area contributed by atoms with Crippen LogP contribution in [0.15, 0.2) is 33.8 Å². The number of hydrogen-bond acceptors (Lipinski definition) is 4. The van der Waals surface area contributed by atoms with Crippen LogP contribution in [0, 0.1) is 6.92 Å². The maximum atomic E-state index is 12.5. The maximum absolute atomic E-state index is 12.5. The fraction of sp³-hybridized carbons (Fsp3) is 0.400. The molecular weight excluding hydrogens is 450 g/mol. The van der Waals surface area contributed by atoms with Gasteiger partial charge in [-0.05, 0) is 31.5 Å². The van der Waals surface area contributed by atoms with Gasteiger partial charge < -0.3 is 15.2 Å². The standard InChI is InChI=1S/C15H18F3N5O.HI/c1-3-19-14(21-9-13-22-10(2)23-24-13)20-8-11-4-6-12(7-5-11)15(16,17)18;/h4-7H,3,8-9H2,1-2H3,(H2,19,20,21);1H. The third kappa shape index (κ3) is 6.88. The molecule has 0 radical (unpaired) electrons. The number of alkyl halides is 3. The third-order valence-electron chi connectivity index (χ3n) is 3.02. The summed E-state index contributed by atoms with van der Waals surface area (Å²) in [6.45, 7) is 4.82. The molecule has 0 unspecified atom stereocenters. The second kappa shape index (κ2) is 9.59. The van der Waals surface area contributed by atoms with Gasteiger partial charge in [-0.2, -0.15) is 18.2 Å². The summed E-state index contributed by atoms with van der Waals surface area (Å²) in [7, 11) is 0. The molecule has 0 aliphatic carbocycles. The van der Waals surface area contributed by atoms with Crippen molar-refractivity contribution in [2.75, 3.05) is 6.54 Å². The van der Waals surface area contributed by atoms with E-state index < -0.39 is 11.7 Å². The van der Waals surface area contributed by atoms with E-state index in [4.69, 9.17) is 4.52 Å². The number of rotatable bonds is 5. The van der Waals surface area contributed by atoms with Gasteiger partial charge in [-0.15, -0.1) is 24.0 Å². The lowest BCUT2D eigenvalue weighted by molar-refractivity contribution is -0.137. The van der Waals surface area contributed by atoms with Gasteiger partial charge >= 0.3 is 6.18 Å². The van der Waals surface area contributed by atoms with E-state index in [-0.39, 0.29) is 30.5 Å². The highest BCUT2D eigenvalue weighted by molar-refractivity contribution is 14.0. The summed E-state index contributed by atoms with van der Waals surface area (Å²) in [6.07, 6.45) is -4.33. The Morgan fingerprint density at radius 2 is 1.88 bits per heavy atom. The van der Waals surface area contributed by atoms with Crippen molar-refractivity contribution in [2.45, 2.75) is 33.1 Å². The van der Waals surface area contributed by atoms with Crippen molar-refractivity contribution in [1.82, 2.24) is 20.8 Å². The second-order valence-corrected chi connectivity index (χ2v) is 4.98. The Hall–Kier alpha value is -1.85. The molecule has 0 aliphatic heterocycles. The van der Waals surface area contributed by atoms with Crippen LogP contribution in [-0.4, -0.2) is 22.6 Å². The minimum absolute atomic E-state index is 0. The smallest absolute Gasteiger partial charge is 0.357 e. The van der Waals surface area contributed by atoms with Crippen molar-refractivity contribution >= 4 is 29.9 Å². The highest BCUT2D eigenvalue weighted by atomic mass is 127. The quantitative estimate of drug-likeness (QED) is 0.400. The van der Waals surface area contributed by atoms with E-state index in [1.54, 1.807) is 6.92 Å². The molecule has 0 bridgehead atoms. The Balaban J connectivity index is 0.00000312. The van der Waals surface area contributed by atoms with Crippen LogP contribution in [0.3, 0.4) is 0 Å². The van der Waals surface area contributed by atoms with Crippen LogP contribution in [0.2, 0.25) is 0 Å². The number of aliphatic imine (C=N–C) groups is 1. The van der Waals surface area contributed by atoms with Gasteiger partial charge in [-0.1, -0.05) is 17.3 Å². The lowest BCUT2D eigenvalue weighted by atomic mass is 10.1. The lowest BCUT2D eigenvalue weighted by Crippen LogP contribution is -2.36. The summed E-state index contributed by atoms with van der Waals surface area (Å²) in [5, 5.41) is 9.74. The molecule has 2 aromatic rings. The van der Waals surface area contributed by atoms with Crippen LogP contribution in [0.25, 0.3) is 0 Å². The minimum Gasteiger partial charge on any atom is -0.357 e. The van der Waals surface area contributed by atoms with Crippen LogP contribution >= 0.6 is 24.0 Å². The number of hydrogen-bond donors (Lipinski definition) is 2. The molecule has 0 fully saturated rings. The summed E-state index contributed by atoms with van der Waals surface area (Å²) >= 11 is 0. The average Bonchev–Trinajstić information content (AvgIpc) is 2.95. The molecule has 0 atom stereocenters. The highest BCUT2D eigenvalue weighted by Crippen LogP contribution is 2.29. The molecule has 10 heteroatoms. The Morgan fingerprint density at radius 3 is 2.40 bits per heavy atom. The third-order valence-corrected chi connectivity index (χ3v) is 3.02. The number of nitrogens with one attached hydrogen (secondary N) is 2. The molecule has 1 aromatic heterocycles. The fourth-order valence-electron chi connectivity index (χ4n) is 1.88. The van der Waals surface area contributed by atoms with Gasteiger partial charge in [0.2, 0.25) is 5.89 Å². The van der Waals surface area contributed by atoms with Crippen LogP contribution in [-0.2, 0) is 19.3 Å². The van der Waals surface area contributed by atoms with Crippen molar-refractivity contribution in [1.29, 1.82) is 0 Å². The van der Waals surface area contributed by atoms with Gasteiger partial charge in [-0.3, -0.25) is 0 Å². The number of aryl methyl sites for hydroxylation is 1. The average molecular weight is 469 g/mol. The topological polar surface area (TPSA) is 75.3 Å². The number of guanidine groups is 1. The summed E-state index contributed by atoms with van der Waals surface area (Å²) in [4.78, 5) is 8.38. The largest absolute Gasteiger partial charge is 0.416 e. The molecule has 1 heterocycles. The number of nitrogens with zero attached hydrogens (tertiary/aromatic N) is 3. The molecule has 0 amide bonds. The molecule has 138 valence electrons. The zero-order valence-corrected chi connectivity index (χ0v) is 16.1. The van der Waals surface area contributed by atoms with Gasteiger partial charge in [0.25, 0.3) is 0 Å². The van der Waals surface area contributed by atoms with Crippen LogP contribution in [0.4, 0.5) is 13.2 Å². The Morgan fingerprint density at radius 1 is 1.20 bits per heavy atom. The number of halogens is 4.